The van der Waals surface area contributed by atoms with Crippen molar-refractivity contribution in [3.63, 3.8) is 0 Å². The smallest absolute Gasteiger partial charge is 0.311 e. The van der Waals surface area contributed by atoms with E-state index in [-0.39, 0.29) is 31.9 Å². The summed E-state index contributed by atoms with van der Waals surface area (Å²) in [6.45, 7) is 11.9. The van der Waals surface area contributed by atoms with Crippen LogP contribution in [0.2, 0.25) is 0 Å². The number of Topliss-reactive ketones (excluding diaryl/α,β-unsaturated/α-hetero) is 1. The third-order valence-corrected chi connectivity index (χ3v) is 2.87. The maximum atomic E-state index is 11.7. The van der Waals surface area contributed by atoms with Crippen LogP contribution in [0.3, 0.4) is 0 Å². The summed E-state index contributed by atoms with van der Waals surface area (Å²) in [4.78, 5) is 45.6. The molecule has 0 rings (SSSR count). The molecule has 7 heteroatoms. The van der Waals surface area contributed by atoms with E-state index in [9.17, 15) is 19.2 Å². The molecular weight excluding hydrogens is 314 g/mol. The zero-order valence-corrected chi connectivity index (χ0v) is 15.8. The van der Waals surface area contributed by atoms with Crippen molar-refractivity contribution in [2.75, 3.05) is 6.79 Å². The lowest BCUT2D eigenvalue weighted by molar-refractivity contribution is -0.169. The Morgan fingerprint density at radius 3 is 1.92 bits per heavy atom. The molecule has 0 saturated heterocycles. The predicted octanol–water partition coefficient (Wildman–Crippen LogP) is 2.47. The summed E-state index contributed by atoms with van der Waals surface area (Å²) in [7, 11) is 0. The number of esters is 2. The van der Waals surface area contributed by atoms with Crippen LogP contribution in [0.1, 0.15) is 62.7 Å². The Bertz CT molecular complexity index is 423. The van der Waals surface area contributed by atoms with Crippen LogP contribution in [0.25, 0.3) is 0 Å². The monoisotopic (exact) mass is 347 g/mol. The average Bonchev–Trinajstić information content (AvgIpc) is 2.51. The number of rotatable bonds is 9. The minimum absolute atomic E-state index is 0. The summed E-state index contributed by atoms with van der Waals surface area (Å²) < 4.78 is 9.37. The second-order valence-corrected chi connectivity index (χ2v) is 5.65. The summed E-state index contributed by atoms with van der Waals surface area (Å²) in [6.07, 6.45) is -0.235. The molecule has 0 radical (unpaired) electrons. The molecule has 0 aliphatic carbocycles. The molecule has 24 heavy (non-hydrogen) atoms. The normalized spacial score (nSPS) is 11.2. The molecule has 0 aliphatic heterocycles. The highest BCUT2D eigenvalue weighted by Gasteiger charge is 2.21. The minimum atomic E-state index is -0.643. The van der Waals surface area contributed by atoms with Crippen LogP contribution in [-0.4, -0.2) is 36.5 Å². The van der Waals surface area contributed by atoms with Gasteiger partial charge in [0.05, 0.1) is 18.4 Å². The van der Waals surface area contributed by atoms with Crippen molar-refractivity contribution in [3.05, 3.63) is 0 Å². The first-order chi connectivity index (χ1) is 11.1. The van der Waals surface area contributed by atoms with Gasteiger partial charge < -0.3 is 14.8 Å². The Labute approximate surface area is 145 Å². The van der Waals surface area contributed by atoms with Crippen molar-refractivity contribution < 1.29 is 30.1 Å². The van der Waals surface area contributed by atoms with E-state index in [1.54, 1.807) is 13.8 Å². The fraction of sp³-hybridized carbons (Fsp3) is 0.765. The Morgan fingerprint density at radius 2 is 1.50 bits per heavy atom. The van der Waals surface area contributed by atoms with Crippen molar-refractivity contribution in [3.8, 4) is 0 Å². The Morgan fingerprint density at radius 1 is 0.958 bits per heavy atom. The van der Waals surface area contributed by atoms with Crippen molar-refractivity contribution >= 4 is 23.6 Å². The van der Waals surface area contributed by atoms with Gasteiger partial charge in [-0.15, -0.1) is 0 Å². The molecular formula is C17H33NO6. The van der Waals surface area contributed by atoms with Crippen molar-refractivity contribution in [1.82, 2.24) is 5.32 Å². The lowest BCUT2D eigenvalue weighted by Crippen LogP contribution is -2.43. The van der Waals surface area contributed by atoms with Gasteiger partial charge in [0.1, 0.15) is 0 Å². The summed E-state index contributed by atoms with van der Waals surface area (Å²) in [5.41, 5.74) is 0. The number of amides is 1. The standard InChI is InChI=1S/C15H25NO6.C2H6.H2/c1-9(2)14(11(5)17)16-12(18)6-7-13(19)21-8-22-15(20)10(3)4;1-2;/h9-10,14H,6-8H2,1-5H3,(H,16,18);1-2H3;1H. The molecule has 1 unspecified atom stereocenters. The molecule has 0 fully saturated rings. The van der Waals surface area contributed by atoms with Gasteiger partial charge in [0.25, 0.3) is 0 Å². The van der Waals surface area contributed by atoms with E-state index in [2.05, 4.69) is 14.8 Å². The van der Waals surface area contributed by atoms with Gasteiger partial charge in [0.15, 0.2) is 5.78 Å². The average molecular weight is 347 g/mol. The van der Waals surface area contributed by atoms with Crippen LogP contribution in [-0.2, 0) is 28.7 Å². The molecule has 0 heterocycles. The maximum Gasteiger partial charge on any atom is 0.311 e. The van der Waals surface area contributed by atoms with Gasteiger partial charge in [-0.05, 0) is 12.8 Å². The third kappa shape index (κ3) is 11.6. The van der Waals surface area contributed by atoms with Gasteiger partial charge in [-0.25, -0.2) is 0 Å². The van der Waals surface area contributed by atoms with E-state index < -0.39 is 30.7 Å². The van der Waals surface area contributed by atoms with Crippen LogP contribution < -0.4 is 5.32 Å². The van der Waals surface area contributed by atoms with Crippen molar-refractivity contribution in [1.29, 1.82) is 0 Å². The second-order valence-electron chi connectivity index (χ2n) is 5.65. The highest BCUT2D eigenvalue weighted by molar-refractivity contribution is 5.88. The molecule has 0 bridgehead atoms. The lowest BCUT2D eigenvalue weighted by atomic mass is 10.0. The molecule has 0 aliphatic rings. The van der Waals surface area contributed by atoms with Crippen LogP contribution in [0.5, 0.6) is 0 Å². The fourth-order valence-corrected chi connectivity index (χ4v) is 1.59. The van der Waals surface area contributed by atoms with Crippen LogP contribution >= 0.6 is 0 Å². The molecule has 1 atom stereocenters. The molecule has 0 saturated carbocycles. The number of ether oxygens (including phenoxy) is 2. The molecule has 0 spiro atoms. The Kier molecular flexibility index (Phi) is 13.7. The molecule has 7 nitrogen and oxygen atoms in total. The number of carbonyl (C=O) groups is 4. The molecule has 0 aromatic heterocycles. The third-order valence-electron chi connectivity index (χ3n) is 2.87. The van der Waals surface area contributed by atoms with E-state index >= 15 is 0 Å². The number of hydrogen-bond donors (Lipinski definition) is 1. The van der Waals surface area contributed by atoms with E-state index in [0.29, 0.717) is 0 Å². The SMILES string of the molecule is CC.CC(=O)C(NC(=O)CCC(=O)OCOC(=O)C(C)C)C(C)C.[HH]. The minimum Gasteiger partial charge on any atom is -0.428 e. The van der Waals surface area contributed by atoms with Gasteiger partial charge in [-0.3, -0.25) is 19.2 Å². The highest BCUT2D eigenvalue weighted by Crippen LogP contribution is 2.04. The van der Waals surface area contributed by atoms with Gasteiger partial charge >= 0.3 is 11.9 Å². The first kappa shape index (κ1) is 24.3. The van der Waals surface area contributed by atoms with Gasteiger partial charge in [0, 0.05) is 7.85 Å². The van der Waals surface area contributed by atoms with E-state index in [1.807, 2.05) is 27.7 Å². The summed E-state index contributed by atoms with van der Waals surface area (Å²) >= 11 is 0. The zero-order chi connectivity index (χ0) is 19.3. The number of nitrogens with one attached hydrogen (secondary N) is 1. The second kappa shape index (κ2) is 13.5. The molecule has 0 aromatic carbocycles. The van der Waals surface area contributed by atoms with Crippen LogP contribution in [0.4, 0.5) is 0 Å². The van der Waals surface area contributed by atoms with Crippen LogP contribution in [0, 0.1) is 11.8 Å². The largest absolute Gasteiger partial charge is 0.428 e. The first-order valence-corrected chi connectivity index (χ1v) is 8.27. The first-order valence-electron chi connectivity index (χ1n) is 8.27. The summed E-state index contributed by atoms with van der Waals surface area (Å²) in [6, 6.07) is -0.560. The predicted molar refractivity (Wildman–Crippen MR) is 92.0 cm³/mol. The maximum absolute atomic E-state index is 11.7. The van der Waals surface area contributed by atoms with E-state index in [0.717, 1.165) is 0 Å². The van der Waals surface area contributed by atoms with E-state index in [1.165, 1.54) is 6.92 Å². The van der Waals surface area contributed by atoms with Crippen molar-refractivity contribution in [2.24, 2.45) is 11.8 Å². The zero-order valence-electron chi connectivity index (χ0n) is 15.8. The topological polar surface area (TPSA) is 98.8 Å². The number of carbonyl (C=O) groups excluding carboxylic acids is 4. The Balaban J connectivity index is -0.00000155. The molecule has 142 valence electrons. The van der Waals surface area contributed by atoms with Gasteiger partial charge in [-0.2, -0.15) is 0 Å². The molecule has 1 N–H and O–H groups in total. The molecule has 1 amide bonds. The number of hydrogen-bond acceptors (Lipinski definition) is 6. The van der Waals surface area contributed by atoms with Gasteiger partial charge in [0.2, 0.25) is 12.7 Å². The fourth-order valence-electron chi connectivity index (χ4n) is 1.59. The van der Waals surface area contributed by atoms with Crippen molar-refractivity contribution in [2.45, 2.75) is 67.3 Å². The summed E-state index contributed by atoms with van der Waals surface area (Å²) in [5, 5.41) is 2.58. The Hall–Kier alpha value is -1.92. The number of ketones is 1. The highest BCUT2D eigenvalue weighted by atomic mass is 16.7. The van der Waals surface area contributed by atoms with E-state index in [4.69, 9.17) is 0 Å². The molecule has 0 aromatic rings. The van der Waals surface area contributed by atoms with Crippen LogP contribution in [0.15, 0.2) is 0 Å². The quantitative estimate of drug-likeness (QED) is 0.508. The van der Waals surface area contributed by atoms with Gasteiger partial charge in [-0.1, -0.05) is 41.5 Å². The summed E-state index contributed by atoms with van der Waals surface area (Å²) in [5.74, 6) is -1.97. The lowest BCUT2D eigenvalue weighted by Gasteiger charge is -2.19.